The molecule has 0 spiro atoms. The van der Waals surface area contributed by atoms with Crippen LogP contribution in [0.2, 0.25) is 0 Å². The fourth-order valence-electron chi connectivity index (χ4n) is 1.66. The number of phenols is 1. The minimum absolute atomic E-state index is 0.250. The summed E-state index contributed by atoms with van der Waals surface area (Å²) in [5, 5.41) is 9.29. The summed E-state index contributed by atoms with van der Waals surface area (Å²) in [5.41, 5.74) is 2.56. The zero-order valence-electron chi connectivity index (χ0n) is 10.2. The SMILES string of the molecule is O=C=O.Oc1ccc(CCc2ccccc2)c(Br)c1. The van der Waals surface area contributed by atoms with Crippen LogP contribution in [0.4, 0.5) is 0 Å². The second-order valence-corrected chi connectivity index (χ2v) is 4.70. The molecule has 0 unspecified atom stereocenters. The lowest BCUT2D eigenvalue weighted by molar-refractivity contribution is -0.191. The Hall–Kier alpha value is -1.90. The lowest BCUT2D eigenvalue weighted by Crippen LogP contribution is -1.91. The van der Waals surface area contributed by atoms with Gasteiger partial charge < -0.3 is 5.11 Å². The molecule has 0 aliphatic heterocycles. The van der Waals surface area contributed by atoms with E-state index in [9.17, 15) is 5.11 Å². The number of hydrogen-bond acceptors (Lipinski definition) is 3. The van der Waals surface area contributed by atoms with Gasteiger partial charge in [0.2, 0.25) is 0 Å². The molecule has 0 radical (unpaired) electrons. The van der Waals surface area contributed by atoms with E-state index in [0.29, 0.717) is 5.75 Å². The van der Waals surface area contributed by atoms with E-state index in [1.807, 2.05) is 12.1 Å². The number of phenolic OH excluding ortho intramolecular Hbond substituents is 1. The van der Waals surface area contributed by atoms with Crippen molar-refractivity contribution in [2.45, 2.75) is 12.8 Å². The highest BCUT2D eigenvalue weighted by Crippen LogP contribution is 2.23. The maximum absolute atomic E-state index is 9.29. The maximum Gasteiger partial charge on any atom is 0.373 e. The number of aromatic hydroxyl groups is 1. The first-order valence-corrected chi connectivity index (χ1v) is 6.47. The van der Waals surface area contributed by atoms with Gasteiger partial charge in [0.1, 0.15) is 5.75 Å². The first-order valence-electron chi connectivity index (χ1n) is 5.68. The van der Waals surface area contributed by atoms with Crippen LogP contribution in [0, 0.1) is 0 Å². The molecule has 4 heteroatoms. The van der Waals surface area contributed by atoms with Gasteiger partial charge in [0.05, 0.1) is 0 Å². The monoisotopic (exact) mass is 320 g/mol. The molecule has 0 atom stereocenters. The van der Waals surface area contributed by atoms with E-state index in [2.05, 4.69) is 40.2 Å². The van der Waals surface area contributed by atoms with Crippen LogP contribution in [0.25, 0.3) is 0 Å². The summed E-state index contributed by atoms with van der Waals surface area (Å²) in [6, 6.07) is 15.8. The van der Waals surface area contributed by atoms with E-state index >= 15 is 0 Å². The molecule has 0 aliphatic rings. The number of benzene rings is 2. The molecule has 0 bridgehead atoms. The second-order valence-electron chi connectivity index (χ2n) is 3.84. The van der Waals surface area contributed by atoms with Crippen LogP contribution in [0.15, 0.2) is 53.0 Å². The molecule has 2 aromatic rings. The molecule has 0 saturated carbocycles. The zero-order valence-corrected chi connectivity index (χ0v) is 11.8. The van der Waals surface area contributed by atoms with E-state index in [1.165, 1.54) is 11.1 Å². The Morgan fingerprint density at radius 3 is 2.21 bits per heavy atom. The summed E-state index contributed by atoms with van der Waals surface area (Å²) in [7, 11) is 0. The number of aryl methyl sites for hydroxylation is 2. The Kier molecular flexibility index (Phi) is 6.58. The topological polar surface area (TPSA) is 54.4 Å². The van der Waals surface area contributed by atoms with Gasteiger partial charge in [-0.05, 0) is 36.1 Å². The Bertz CT molecular complexity index is 547. The van der Waals surface area contributed by atoms with Gasteiger partial charge in [-0.3, -0.25) is 0 Å². The molecule has 3 nitrogen and oxygen atoms in total. The third-order valence-electron chi connectivity index (χ3n) is 2.56. The van der Waals surface area contributed by atoms with Crippen molar-refractivity contribution in [3.05, 3.63) is 64.1 Å². The van der Waals surface area contributed by atoms with Crippen LogP contribution in [0.1, 0.15) is 11.1 Å². The van der Waals surface area contributed by atoms with Gasteiger partial charge in [0.25, 0.3) is 0 Å². The van der Waals surface area contributed by atoms with Crippen LogP contribution in [0.5, 0.6) is 5.75 Å². The molecule has 0 amide bonds. The Morgan fingerprint density at radius 2 is 1.63 bits per heavy atom. The minimum Gasteiger partial charge on any atom is -0.508 e. The van der Waals surface area contributed by atoms with Crippen LogP contribution >= 0.6 is 15.9 Å². The average molecular weight is 321 g/mol. The Balaban J connectivity index is 0.000000550. The van der Waals surface area contributed by atoms with E-state index in [-0.39, 0.29) is 6.15 Å². The third-order valence-corrected chi connectivity index (χ3v) is 3.30. The number of carbonyl (C=O) groups excluding carboxylic acids is 2. The van der Waals surface area contributed by atoms with Crippen LogP contribution < -0.4 is 0 Å². The molecule has 2 aromatic carbocycles. The Labute approximate surface area is 120 Å². The van der Waals surface area contributed by atoms with Gasteiger partial charge in [0, 0.05) is 4.47 Å². The molecule has 19 heavy (non-hydrogen) atoms. The number of halogens is 1. The molecule has 0 aliphatic carbocycles. The van der Waals surface area contributed by atoms with Crippen molar-refractivity contribution in [3.8, 4) is 5.75 Å². The van der Waals surface area contributed by atoms with Crippen molar-refractivity contribution in [1.82, 2.24) is 0 Å². The standard InChI is InChI=1S/C14H13BrO.CO2/c15-14-10-13(16)9-8-12(14)7-6-11-4-2-1-3-5-11;2-1-3/h1-5,8-10,16H,6-7H2;. The number of hydrogen-bond donors (Lipinski definition) is 1. The van der Waals surface area contributed by atoms with Gasteiger partial charge in [-0.15, -0.1) is 0 Å². The molecular formula is C15H13BrO3. The van der Waals surface area contributed by atoms with Crippen molar-refractivity contribution in [2.75, 3.05) is 0 Å². The zero-order chi connectivity index (χ0) is 14.1. The molecule has 0 aromatic heterocycles. The number of rotatable bonds is 3. The van der Waals surface area contributed by atoms with Gasteiger partial charge in [-0.2, -0.15) is 9.59 Å². The first kappa shape index (κ1) is 15.2. The molecule has 0 heterocycles. The first-order chi connectivity index (χ1) is 9.17. The molecular weight excluding hydrogens is 308 g/mol. The van der Waals surface area contributed by atoms with Crippen molar-refractivity contribution in [3.63, 3.8) is 0 Å². The fraction of sp³-hybridized carbons (Fsp3) is 0.133. The highest BCUT2D eigenvalue weighted by molar-refractivity contribution is 9.10. The van der Waals surface area contributed by atoms with Crippen LogP contribution in [-0.2, 0) is 22.4 Å². The van der Waals surface area contributed by atoms with Crippen molar-refractivity contribution < 1.29 is 14.7 Å². The molecule has 0 saturated heterocycles. The van der Waals surface area contributed by atoms with Gasteiger partial charge in [0.15, 0.2) is 0 Å². The maximum atomic E-state index is 9.29. The van der Waals surface area contributed by atoms with E-state index < -0.39 is 0 Å². The quantitative estimate of drug-likeness (QED) is 0.943. The molecule has 98 valence electrons. The smallest absolute Gasteiger partial charge is 0.373 e. The predicted octanol–water partition coefficient (Wildman–Crippen LogP) is 3.36. The molecule has 0 fully saturated rings. The summed E-state index contributed by atoms with van der Waals surface area (Å²) >= 11 is 3.46. The predicted molar refractivity (Wildman–Crippen MR) is 74.7 cm³/mol. The van der Waals surface area contributed by atoms with Gasteiger partial charge in [-0.25, -0.2) is 0 Å². The van der Waals surface area contributed by atoms with Crippen molar-refractivity contribution in [1.29, 1.82) is 0 Å². The summed E-state index contributed by atoms with van der Waals surface area (Å²) in [5.74, 6) is 0.301. The van der Waals surface area contributed by atoms with E-state index in [1.54, 1.807) is 12.1 Å². The summed E-state index contributed by atoms with van der Waals surface area (Å²) < 4.78 is 0.975. The largest absolute Gasteiger partial charge is 0.508 e. The highest BCUT2D eigenvalue weighted by atomic mass is 79.9. The van der Waals surface area contributed by atoms with Crippen molar-refractivity contribution >= 4 is 22.1 Å². The normalized spacial score (nSPS) is 9.11. The highest BCUT2D eigenvalue weighted by Gasteiger charge is 2.01. The van der Waals surface area contributed by atoms with Crippen LogP contribution in [-0.4, -0.2) is 11.3 Å². The van der Waals surface area contributed by atoms with Crippen LogP contribution in [0.3, 0.4) is 0 Å². The third kappa shape index (κ3) is 5.51. The van der Waals surface area contributed by atoms with E-state index in [0.717, 1.165) is 17.3 Å². The second kappa shape index (κ2) is 8.25. The summed E-state index contributed by atoms with van der Waals surface area (Å²) in [6.07, 6.45) is 2.25. The van der Waals surface area contributed by atoms with Crippen molar-refractivity contribution in [2.24, 2.45) is 0 Å². The van der Waals surface area contributed by atoms with Gasteiger partial charge in [-0.1, -0.05) is 52.3 Å². The average Bonchev–Trinajstić information content (AvgIpc) is 2.40. The fourth-order valence-corrected chi connectivity index (χ4v) is 2.23. The lowest BCUT2D eigenvalue weighted by atomic mass is 10.0. The molecule has 1 N–H and O–H groups in total. The Morgan fingerprint density at radius 1 is 1.00 bits per heavy atom. The summed E-state index contributed by atoms with van der Waals surface area (Å²) in [6.45, 7) is 0. The van der Waals surface area contributed by atoms with Gasteiger partial charge >= 0.3 is 6.15 Å². The molecule has 2 rings (SSSR count). The van der Waals surface area contributed by atoms with E-state index in [4.69, 9.17) is 9.59 Å². The minimum atomic E-state index is 0.250. The lowest BCUT2D eigenvalue weighted by Gasteiger charge is -2.05. The summed E-state index contributed by atoms with van der Waals surface area (Å²) in [4.78, 5) is 16.2.